The fraction of sp³-hybridized carbons (Fsp3) is 0.263. The van der Waals surface area contributed by atoms with Gasteiger partial charge in [0, 0.05) is 18.7 Å². The monoisotopic (exact) mass is 384 g/mol. The number of sulfonamides is 1. The van der Waals surface area contributed by atoms with Crippen LogP contribution in [0.15, 0.2) is 53.1 Å². The van der Waals surface area contributed by atoms with E-state index in [4.69, 9.17) is 4.52 Å². The van der Waals surface area contributed by atoms with Crippen molar-refractivity contribution in [3.8, 4) is 11.4 Å². The van der Waals surface area contributed by atoms with Crippen LogP contribution in [0.2, 0.25) is 0 Å². The lowest BCUT2D eigenvalue weighted by Gasteiger charge is -2.17. The summed E-state index contributed by atoms with van der Waals surface area (Å²) in [6, 6.07) is 15.7. The first-order valence-electron chi connectivity index (χ1n) is 8.75. The molecule has 1 aromatic heterocycles. The molecule has 27 heavy (non-hydrogen) atoms. The Balaban J connectivity index is 1.45. The summed E-state index contributed by atoms with van der Waals surface area (Å²) in [5.74, 6) is 0.730. The molecule has 8 heteroatoms. The second kappa shape index (κ2) is 7.03. The molecule has 1 N–H and O–H groups in total. The molecule has 0 atom stereocenters. The normalized spacial score (nSPS) is 15.8. The molecule has 1 saturated heterocycles. The molecule has 3 aromatic rings. The van der Waals surface area contributed by atoms with Crippen LogP contribution in [0.25, 0.3) is 11.4 Å². The van der Waals surface area contributed by atoms with Gasteiger partial charge in [-0.3, -0.25) is 4.31 Å². The zero-order chi connectivity index (χ0) is 18.9. The predicted octanol–water partition coefficient (Wildman–Crippen LogP) is 3.20. The van der Waals surface area contributed by atoms with Gasteiger partial charge in [-0.05, 0) is 31.0 Å². The first kappa shape index (κ1) is 17.5. The van der Waals surface area contributed by atoms with Crippen molar-refractivity contribution in [2.75, 3.05) is 21.9 Å². The SMILES string of the molecule is Cc1ccc(-c2noc(NCc3cccc(N4CCCS4(=O)=O)c3)n2)cc1. The van der Waals surface area contributed by atoms with Crippen LogP contribution in [0.4, 0.5) is 11.7 Å². The van der Waals surface area contributed by atoms with E-state index in [9.17, 15) is 8.42 Å². The van der Waals surface area contributed by atoms with Gasteiger partial charge in [-0.25, -0.2) is 8.42 Å². The van der Waals surface area contributed by atoms with Gasteiger partial charge in [0.2, 0.25) is 15.8 Å². The van der Waals surface area contributed by atoms with Crippen LogP contribution in [0.5, 0.6) is 0 Å². The molecule has 0 radical (unpaired) electrons. The maximum absolute atomic E-state index is 12.1. The maximum Gasteiger partial charge on any atom is 0.322 e. The van der Waals surface area contributed by atoms with Crippen LogP contribution in [0, 0.1) is 6.92 Å². The lowest BCUT2D eigenvalue weighted by Crippen LogP contribution is -2.25. The fourth-order valence-electron chi connectivity index (χ4n) is 3.04. The highest BCUT2D eigenvalue weighted by molar-refractivity contribution is 7.93. The molecule has 2 heterocycles. The summed E-state index contributed by atoms with van der Waals surface area (Å²) in [5, 5.41) is 7.08. The molecule has 7 nitrogen and oxygen atoms in total. The van der Waals surface area contributed by atoms with Crippen LogP contribution in [-0.4, -0.2) is 30.9 Å². The number of hydrogen-bond donors (Lipinski definition) is 1. The molecule has 0 saturated carbocycles. The molecular formula is C19H20N4O3S. The zero-order valence-electron chi connectivity index (χ0n) is 14.9. The van der Waals surface area contributed by atoms with E-state index in [1.165, 1.54) is 9.87 Å². The maximum atomic E-state index is 12.1. The molecule has 1 aliphatic rings. The van der Waals surface area contributed by atoms with Crippen molar-refractivity contribution in [3.63, 3.8) is 0 Å². The molecule has 1 fully saturated rings. The average Bonchev–Trinajstić information content (AvgIpc) is 3.27. The van der Waals surface area contributed by atoms with Crippen molar-refractivity contribution in [1.82, 2.24) is 10.1 Å². The Hall–Kier alpha value is -2.87. The van der Waals surface area contributed by atoms with E-state index < -0.39 is 10.0 Å². The van der Waals surface area contributed by atoms with E-state index in [1.54, 1.807) is 0 Å². The van der Waals surface area contributed by atoms with Gasteiger partial charge in [0.05, 0.1) is 11.4 Å². The molecule has 4 rings (SSSR count). The molecule has 0 spiro atoms. The van der Waals surface area contributed by atoms with Gasteiger partial charge in [0.15, 0.2) is 0 Å². The van der Waals surface area contributed by atoms with Gasteiger partial charge in [-0.2, -0.15) is 4.98 Å². The second-order valence-electron chi connectivity index (χ2n) is 6.55. The smallest absolute Gasteiger partial charge is 0.322 e. The van der Waals surface area contributed by atoms with Crippen LogP contribution in [0.3, 0.4) is 0 Å². The summed E-state index contributed by atoms with van der Waals surface area (Å²) in [5.41, 5.74) is 3.68. The summed E-state index contributed by atoms with van der Waals surface area (Å²) < 4.78 is 30.9. The third-order valence-electron chi connectivity index (χ3n) is 4.48. The van der Waals surface area contributed by atoms with E-state index in [1.807, 2.05) is 55.5 Å². The number of nitrogens with zero attached hydrogens (tertiary/aromatic N) is 3. The first-order valence-corrected chi connectivity index (χ1v) is 10.4. The van der Waals surface area contributed by atoms with Crippen molar-refractivity contribution < 1.29 is 12.9 Å². The van der Waals surface area contributed by atoms with E-state index >= 15 is 0 Å². The van der Waals surface area contributed by atoms with Crippen LogP contribution in [0.1, 0.15) is 17.5 Å². The lowest BCUT2D eigenvalue weighted by molar-refractivity contribution is 0.432. The summed E-state index contributed by atoms with van der Waals surface area (Å²) in [6.07, 6.45) is 0.661. The van der Waals surface area contributed by atoms with Crippen LogP contribution >= 0.6 is 0 Å². The Bertz CT molecular complexity index is 1040. The number of hydrogen-bond acceptors (Lipinski definition) is 6. The highest BCUT2D eigenvalue weighted by atomic mass is 32.2. The van der Waals surface area contributed by atoms with E-state index in [0.717, 1.165) is 11.1 Å². The van der Waals surface area contributed by atoms with Crippen molar-refractivity contribution >= 4 is 21.7 Å². The molecule has 0 bridgehead atoms. The van der Waals surface area contributed by atoms with Crippen molar-refractivity contribution in [3.05, 3.63) is 59.7 Å². The first-order chi connectivity index (χ1) is 13.0. The Morgan fingerprint density at radius 2 is 2.00 bits per heavy atom. The molecule has 0 aliphatic carbocycles. The van der Waals surface area contributed by atoms with Crippen molar-refractivity contribution in [1.29, 1.82) is 0 Å². The Labute approximate surface area is 158 Å². The van der Waals surface area contributed by atoms with Gasteiger partial charge in [0.25, 0.3) is 0 Å². The number of rotatable bonds is 5. The van der Waals surface area contributed by atoms with Gasteiger partial charge in [-0.1, -0.05) is 47.1 Å². The highest BCUT2D eigenvalue weighted by Gasteiger charge is 2.28. The molecule has 0 unspecified atom stereocenters. The number of aryl methyl sites for hydroxylation is 1. The van der Waals surface area contributed by atoms with E-state index in [2.05, 4.69) is 15.5 Å². The largest absolute Gasteiger partial charge is 0.334 e. The Morgan fingerprint density at radius 1 is 1.19 bits per heavy atom. The third kappa shape index (κ3) is 3.80. The Kier molecular flexibility index (Phi) is 4.57. The summed E-state index contributed by atoms with van der Waals surface area (Å²) >= 11 is 0. The van der Waals surface area contributed by atoms with Gasteiger partial charge < -0.3 is 9.84 Å². The summed E-state index contributed by atoms with van der Waals surface area (Å²) in [7, 11) is -3.18. The van der Waals surface area contributed by atoms with E-state index in [0.29, 0.717) is 37.0 Å². The highest BCUT2D eigenvalue weighted by Crippen LogP contribution is 2.25. The topological polar surface area (TPSA) is 88.3 Å². The second-order valence-corrected chi connectivity index (χ2v) is 8.57. The quantitative estimate of drug-likeness (QED) is 0.727. The molecule has 140 valence electrons. The number of nitrogens with one attached hydrogen (secondary N) is 1. The average molecular weight is 384 g/mol. The minimum atomic E-state index is -3.18. The van der Waals surface area contributed by atoms with Crippen LogP contribution in [-0.2, 0) is 16.6 Å². The van der Waals surface area contributed by atoms with Crippen LogP contribution < -0.4 is 9.62 Å². The number of aromatic nitrogens is 2. The third-order valence-corrected chi connectivity index (χ3v) is 6.35. The van der Waals surface area contributed by atoms with Crippen molar-refractivity contribution in [2.24, 2.45) is 0 Å². The predicted molar refractivity (Wildman–Crippen MR) is 104 cm³/mol. The summed E-state index contributed by atoms with van der Waals surface area (Å²) in [6.45, 7) is 3.01. The van der Waals surface area contributed by atoms with Gasteiger partial charge in [0.1, 0.15) is 0 Å². The van der Waals surface area contributed by atoms with Gasteiger partial charge >= 0.3 is 6.01 Å². The minimum absolute atomic E-state index is 0.208. The molecular weight excluding hydrogens is 364 g/mol. The molecule has 0 amide bonds. The fourth-order valence-corrected chi connectivity index (χ4v) is 4.60. The molecule has 2 aromatic carbocycles. The lowest BCUT2D eigenvalue weighted by atomic mass is 10.1. The molecule has 1 aliphatic heterocycles. The standard InChI is InChI=1S/C19H20N4O3S/c1-14-6-8-16(9-7-14)18-21-19(26-22-18)20-13-15-4-2-5-17(12-15)23-10-3-11-27(23,24)25/h2,4-9,12H,3,10-11,13H2,1H3,(H,20,21,22). The van der Waals surface area contributed by atoms with Crippen molar-refractivity contribution in [2.45, 2.75) is 19.9 Å². The minimum Gasteiger partial charge on any atom is -0.334 e. The van der Waals surface area contributed by atoms with E-state index in [-0.39, 0.29) is 5.75 Å². The zero-order valence-corrected chi connectivity index (χ0v) is 15.7. The Morgan fingerprint density at radius 3 is 2.74 bits per heavy atom. The van der Waals surface area contributed by atoms with Gasteiger partial charge in [-0.15, -0.1) is 0 Å². The summed E-state index contributed by atoms with van der Waals surface area (Å²) in [4.78, 5) is 4.35. The number of benzene rings is 2. The number of anilines is 2.